The Bertz CT molecular complexity index is 515. The van der Waals surface area contributed by atoms with Gasteiger partial charge in [0.2, 0.25) is 0 Å². The maximum Gasteiger partial charge on any atom is 0.254 e. The SMILES string of the molecule is CN1CCCN(C(=O)c2csc(C#CCCO)c2)CC1. The molecule has 1 fully saturated rings. The zero-order valence-electron chi connectivity index (χ0n) is 11.8. The van der Waals surface area contributed by atoms with E-state index in [1.54, 1.807) is 0 Å². The van der Waals surface area contributed by atoms with Crippen molar-refractivity contribution >= 4 is 17.2 Å². The molecule has 0 spiro atoms. The number of hydrogen-bond acceptors (Lipinski definition) is 4. The maximum atomic E-state index is 12.4. The minimum atomic E-state index is 0.0749. The molecule has 4 nitrogen and oxygen atoms in total. The topological polar surface area (TPSA) is 43.8 Å². The molecule has 0 unspecified atom stereocenters. The Hall–Kier alpha value is -1.35. The van der Waals surface area contributed by atoms with Gasteiger partial charge in [0.15, 0.2) is 0 Å². The van der Waals surface area contributed by atoms with E-state index in [0.29, 0.717) is 6.42 Å². The number of hydrogen-bond donors (Lipinski definition) is 1. The molecule has 2 rings (SSSR count). The minimum absolute atomic E-state index is 0.0749. The van der Waals surface area contributed by atoms with E-state index in [2.05, 4.69) is 23.8 Å². The summed E-state index contributed by atoms with van der Waals surface area (Å²) in [6, 6.07) is 1.85. The Morgan fingerprint density at radius 3 is 3.05 bits per heavy atom. The van der Waals surface area contributed by atoms with Crippen molar-refractivity contribution in [1.29, 1.82) is 0 Å². The Morgan fingerprint density at radius 1 is 1.40 bits per heavy atom. The summed E-state index contributed by atoms with van der Waals surface area (Å²) >= 11 is 1.48. The lowest BCUT2D eigenvalue weighted by Gasteiger charge is -2.19. The molecule has 1 aromatic heterocycles. The summed E-state index contributed by atoms with van der Waals surface area (Å²) in [6.07, 6.45) is 1.50. The summed E-state index contributed by atoms with van der Waals surface area (Å²) in [6.45, 7) is 3.66. The number of rotatable bonds is 2. The Kier molecular flexibility index (Phi) is 5.60. The number of aliphatic hydroxyl groups excluding tert-OH is 1. The number of nitrogens with zero attached hydrogens (tertiary/aromatic N) is 2. The van der Waals surface area contributed by atoms with Crippen molar-refractivity contribution in [2.45, 2.75) is 12.8 Å². The second-order valence-corrected chi connectivity index (χ2v) is 5.84. The number of aliphatic hydroxyl groups is 1. The molecule has 0 aliphatic carbocycles. The molecule has 0 aromatic carbocycles. The van der Waals surface area contributed by atoms with Crippen LogP contribution in [0.15, 0.2) is 11.4 Å². The first-order chi connectivity index (χ1) is 9.70. The molecular weight excluding hydrogens is 272 g/mol. The largest absolute Gasteiger partial charge is 0.395 e. The molecule has 0 atom stereocenters. The van der Waals surface area contributed by atoms with Gasteiger partial charge in [0.25, 0.3) is 5.91 Å². The van der Waals surface area contributed by atoms with Crippen molar-refractivity contribution < 1.29 is 9.90 Å². The van der Waals surface area contributed by atoms with Gasteiger partial charge in [-0.05, 0) is 26.1 Å². The first kappa shape index (κ1) is 15.0. The molecule has 108 valence electrons. The third-order valence-electron chi connectivity index (χ3n) is 3.30. The normalized spacial score (nSPS) is 16.4. The molecule has 2 heterocycles. The van der Waals surface area contributed by atoms with Crippen molar-refractivity contribution in [2.24, 2.45) is 0 Å². The van der Waals surface area contributed by atoms with Crippen LogP contribution in [0.3, 0.4) is 0 Å². The summed E-state index contributed by atoms with van der Waals surface area (Å²) in [5, 5.41) is 10.6. The highest BCUT2D eigenvalue weighted by atomic mass is 32.1. The predicted molar refractivity (Wildman–Crippen MR) is 80.9 cm³/mol. The van der Waals surface area contributed by atoms with Crippen LogP contribution >= 0.6 is 11.3 Å². The molecule has 0 bridgehead atoms. The van der Waals surface area contributed by atoms with Crippen molar-refractivity contribution in [3.05, 3.63) is 21.9 Å². The zero-order chi connectivity index (χ0) is 14.4. The van der Waals surface area contributed by atoms with Crippen LogP contribution in [0.1, 0.15) is 28.1 Å². The molecule has 1 aromatic rings. The second kappa shape index (κ2) is 7.44. The molecule has 1 aliphatic heterocycles. The van der Waals surface area contributed by atoms with Gasteiger partial charge < -0.3 is 14.9 Å². The average molecular weight is 292 g/mol. The van der Waals surface area contributed by atoms with Gasteiger partial charge in [0.05, 0.1) is 17.0 Å². The van der Waals surface area contributed by atoms with Crippen LogP contribution in [0.5, 0.6) is 0 Å². The van der Waals surface area contributed by atoms with Crippen LogP contribution in [-0.4, -0.2) is 60.6 Å². The molecule has 0 saturated carbocycles. The fraction of sp³-hybridized carbons (Fsp3) is 0.533. The zero-order valence-corrected chi connectivity index (χ0v) is 12.6. The first-order valence-corrected chi connectivity index (χ1v) is 7.75. The highest BCUT2D eigenvalue weighted by molar-refractivity contribution is 7.10. The van der Waals surface area contributed by atoms with Gasteiger partial charge in [-0.15, -0.1) is 11.3 Å². The van der Waals surface area contributed by atoms with Crippen LogP contribution < -0.4 is 0 Å². The van der Waals surface area contributed by atoms with Gasteiger partial charge in [0, 0.05) is 31.4 Å². The Morgan fingerprint density at radius 2 is 2.25 bits per heavy atom. The lowest BCUT2D eigenvalue weighted by molar-refractivity contribution is 0.0763. The van der Waals surface area contributed by atoms with Gasteiger partial charge in [-0.3, -0.25) is 4.79 Å². The average Bonchev–Trinajstić information content (AvgIpc) is 2.80. The highest BCUT2D eigenvalue weighted by Gasteiger charge is 2.19. The Labute approximate surface area is 124 Å². The van der Waals surface area contributed by atoms with Crippen molar-refractivity contribution in [3.8, 4) is 11.8 Å². The van der Waals surface area contributed by atoms with Crippen molar-refractivity contribution in [2.75, 3.05) is 39.8 Å². The molecule has 1 saturated heterocycles. The maximum absolute atomic E-state index is 12.4. The predicted octanol–water partition coefficient (Wildman–Crippen LogP) is 1.26. The lowest BCUT2D eigenvalue weighted by atomic mass is 10.2. The molecule has 1 aliphatic rings. The van der Waals surface area contributed by atoms with E-state index in [1.165, 1.54) is 11.3 Å². The second-order valence-electron chi connectivity index (χ2n) is 4.92. The summed E-state index contributed by atoms with van der Waals surface area (Å²) in [7, 11) is 2.09. The molecule has 20 heavy (non-hydrogen) atoms. The van der Waals surface area contributed by atoms with Gasteiger partial charge in [0.1, 0.15) is 0 Å². The van der Waals surface area contributed by atoms with E-state index >= 15 is 0 Å². The van der Waals surface area contributed by atoms with E-state index in [1.807, 2.05) is 16.3 Å². The van der Waals surface area contributed by atoms with E-state index in [9.17, 15) is 4.79 Å². The minimum Gasteiger partial charge on any atom is -0.395 e. The third-order valence-corrected chi connectivity index (χ3v) is 4.15. The molecule has 0 radical (unpaired) electrons. The molecule has 5 heteroatoms. The summed E-state index contributed by atoms with van der Waals surface area (Å²) < 4.78 is 0. The van der Waals surface area contributed by atoms with Crippen molar-refractivity contribution in [3.63, 3.8) is 0 Å². The van der Waals surface area contributed by atoms with Crippen LogP contribution in [0, 0.1) is 11.8 Å². The summed E-state index contributed by atoms with van der Waals surface area (Å²) in [5.74, 6) is 5.95. The molecule has 1 amide bonds. The van der Waals surface area contributed by atoms with Gasteiger partial charge in [-0.25, -0.2) is 0 Å². The van der Waals surface area contributed by atoms with E-state index < -0.39 is 0 Å². The van der Waals surface area contributed by atoms with E-state index in [0.717, 1.165) is 43.0 Å². The monoisotopic (exact) mass is 292 g/mol. The standard InChI is InChI=1S/C15H20N2O2S/c1-16-6-4-7-17(9-8-16)15(19)13-11-14(20-12-13)5-2-3-10-18/h11-12,18H,3-4,6-10H2,1H3. The fourth-order valence-corrected chi connectivity index (χ4v) is 2.90. The van der Waals surface area contributed by atoms with Gasteiger partial charge >= 0.3 is 0 Å². The number of thiophene rings is 1. The highest BCUT2D eigenvalue weighted by Crippen LogP contribution is 2.16. The van der Waals surface area contributed by atoms with Gasteiger partial charge in [-0.1, -0.05) is 11.8 Å². The summed E-state index contributed by atoms with van der Waals surface area (Å²) in [4.78, 5) is 17.5. The Balaban J connectivity index is 2.00. The quantitative estimate of drug-likeness (QED) is 0.835. The number of carbonyl (C=O) groups excluding carboxylic acids is 1. The smallest absolute Gasteiger partial charge is 0.254 e. The van der Waals surface area contributed by atoms with Crippen LogP contribution in [0.4, 0.5) is 0 Å². The lowest BCUT2D eigenvalue weighted by Crippen LogP contribution is -2.34. The van der Waals surface area contributed by atoms with Gasteiger partial charge in [-0.2, -0.15) is 0 Å². The van der Waals surface area contributed by atoms with E-state index in [4.69, 9.17) is 5.11 Å². The first-order valence-electron chi connectivity index (χ1n) is 6.87. The van der Waals surface area contributed by atoms with Crippen LogP contribution in [-0.2, 0) is 0 Å². The number of amides is 1. The number of carbonyl (C=O) groups is 1. The number of likely N-dealkylation sites (N-methyl/N-ethyl adjacent to an activating group) is 1. The third kappa shape index (κ3) is 4.07. The fourth-order valence-electron chi connectivity index (χ4n) is 2.15. The van der Waals surface area contributed by atoms with Crippen molar-refractivity contribution in [1.82, 2.24) is 9.80 Å². The molecular formula is C15H20N2O2S. The molecule has 1 N–H and O–H groups in total. The van der Waals surface area contributed by atoms with Crippen LogP contribution in [0.25, 0.3) is 0 Å². The van der Waals surface area contributed by atoms with E-state index in [-0.39, 0.29) is 12.5 Å². The van der Waals surface area contributed by atoms with Crippen LogP contribution in [0.2, 0.25) is 0 Å². The summed E-state index contributed by atoms with van der Waals surface area (Å²) in [5.41, 5.74) is 0.729.